The third kappa shape index (κ3) is 3.75. The minimum absolute atomic E-state index is 0.175. The van der Waals surface area contributed by atoms with Crippen LogP contribution in [0.3, 0.4) is 0 Å². The highest BCUT2D eigenvalue weighted by Crippen LogP contribution is 2.28. The van der Waals surface area contributed by atoms with Gasteiger partial charge < -0.3 is 23.7 Å². The molecular weight excluding hydrogens is 404 g/mol. The van der Waals surface area contributed by atoms with Crippen molar-refractivity contribution in [2.75, 3.05) is 19.5 Å². The van der Waals surface area contributed by atoms with Crippen molar-refractivity contribution in [1.29, 1.82) is 0 Å². The van der Waals surface area contributed by atoms with Crippen molar-refractivity contribution >= 4 is 27.7 Å². The number of aromatic nitrogens is 1. The first kappa shape index (κ1) is 18.1. The van der Waals surface area contributed by atoms with Crippen LogP contribution < -0.4 is 14.8 Å². The molecule has 1 aromatic carbocycles. The number of anilines is 1. The highest BCUT2D eigenvalue weighted by Gasteiger charge is 2.17. The summed E-state index contributed by atoms with van der Waals surface area (Å²) in [6.07, 6.45) is 0.459. The molecule has 0 bridgehead atoms. The first-order chi connectivity index (χ1) is 12.5. The zero-order chi connectivity index (χ0) is 18.7. The number of hydrogen-bond acceptors (Lipinski definition) is 6. The smallest absolute Gasteiger partial charge is 0.292 e. The van der Waals surface area contributed by atoms with Crippen LogP contribution in [0, 0.1) is 6.92 Å². The zero-order valence-electron chi connectivity index (χ0n) is 14.5. The van der Waals surface area contributed by atoms with Crippen LogP contribution in [-0.2, 0) is 6.42 Å². The van der Waals surface area contributed by atoms with Gasteiger partial charge in [0.05, 0.1) is 14.2 Å². The summed E-state index contributed by atoms with van der Waals surface area (Å²) in [5.74, 6) is 2.70. The maximum Gasteiger partial charge on any atom is 0.292 e. The summed E-state index contributed by atoms with van der Waals surface area (Å²) < 4.78 is 21.9. The van der Waals surface area contributed by atoms with E-state index in [9.17, 15) is 4.79 Å². The van der Waals surface area contributed by atoms with Gasteiger partial charge in [0, 0.05) is 12.0 Å². The molecule has 0 fully saturated rings. The Kier molecular flexibility index (Phi) is 5.32. The number of carbonyl (C=O) groups excluding carboxylic acids is 1. The monoisotopic (exact) mass is 420 g/mol. The number of benzene rings is 1. The molecule has 0 atom stereocenters. The molecule has 2 heterocycles. The second-order valence-electron chi connectivity index (χ2n) is 5.48. The topological polar surface area (TPSA) is 86.7 Å². The van der Waals surface area contributed by atoms with Gasteiger partial charge in [0.1, 0.15) is 27.5 Å². The Labute approximate surface area is 158 Å². The van der Waals surface area contributed by atoms with E-state index in [1.807, 2.05) is 18.2 Å². The highest BCUT2D eigenvalue weighted by molar-refractivity contribution is 9.10. The van der Waals surface area contributed by atoms with Crippen molar-refractivity contribution in [1.82, 2.24) is 5.16 Å². The Balaban J connectivity index is 1.76. The number of hydrogen-bond donors (Lipinski definition) is 1. The van der Waals surface area contributed by atoms with Gasteiger partial charge in [-0.15, -0.1) is 0 Å². The SMILES string of the molecule is COc1ccc(OC)c(Cc2ccc(C(=O)Nc3noc(C)c3Br)o2)c1. The van der Waals surface area contributed by atoms with E-state index in [1.165, 1.54) is 0 Å². The van der Waals surface area contributed by atoms with E-state index in [4.69, 9.17) is 18.4 Å². The molecule has 3 rings (SSSR count). The average molecular weight is 421 g/mol. The van der Waals surface area contributed by atoms with Crippen molar-refractivity contribution in [3.8, 4) is 11.5 Å². The summed E-state index contributed by atoms with van der Waals surface area (Å²) >= 11 is 3.30. The molecule has 0 spiro atoms. The molecule has 136 valence electrons. The van der Waals surface area contributed by atoms with E-state index < -0.39 is 5.91 Å². The summed E-state index contributed by atoms with van der Waals surface area (Å²) in [7, 11) is 3.20. The number of carbonyl (C=O) groups is 1. The predicted molar refractivity (Wildman–Crippen MR) is 98.0 cm³/mol. The summed E-state index contributed by atoms with van der Waals surface area (Å²) in [4.78, 5) is 12.3. The molecule has 0 saturated heterocycles. The fourth-order valence-electron chi connectivity index (χ4n) is 2.41. The number of aryl methyl sites for hydroxylation is 1. The van der Waals surface area contributed by atoms with E-state index in [2.05, 4.69) is 26.4 Å². The van der Waals surface area contributed by atoms with Crippen molar-refractivity contribution in [3.63, 3.8) is 0 Å². The van der Waals surface area contributed by atoms with Crippen molar-refractivity contribution in [3.05, 3.63) is 57.6 Å². The number of amides is 1. The largest absolute Gasteiger partial charge is 0.497 e. The van der Waals surface area contributed by atoms with E-state index in [0.717, 1.165) is 17.1 Å². The number of nitrogens with zero attached hydrogens (tertiary/aromatic N) is 1. The highest BCUT2D eigenvalue weighted by atomic mass is 79.9. The summed E-state index contributed by atoms with van der Waals surface area (Å²) in [6, 6.07) is 8.88. The van der Waals surface area contributed by atoms with Gasteiger partial charge in [-0.2, -0.15) is 0 Å². The number of rotatable bonds is 6. The van der Waals surface area contributed by atoms with Crippen molar-refractivity contribution < 1.29 is 23.2 Å². The van der Waals surface area contributed by atoms with Crippen LogP contribution in [0.15, 0.2) is 43.7 Å². The minimum atomic E-state index is -0.414. The molecule has 0 aliphatic rings. The molecular formula is C18H17BrN2O5. The Morgan fingerprint density at radius 3 is 2.69 bits per heavy atom. The molecule has 0 saturated carbocycles. The van der Waals surface area contributed by atoms with Crippen molar-refractivity contribution in [2.24, 2.45) is 0 Å². The normalized spacial score (nSPS) is 10.6. The van der Waals surface area contributed by atoms with Gasteiger partial charge in [-0.05, 0) is 53.2 Å². The lowest BCUT2D eigenvalue weighted by molar-refractivity contribution is 0.0994. The molecule has 7 nitrogen and oxygen atoms in total. The summed E-state index contributed by atoms with van der Waals surface area (Å²) in [6.45, 7) is 1.74. The molecule has 0 aliphatic heterocycles. The summed E-state index contributed by atoms with van der Waals surface area (Å²) in [5.41, 5.74) is 0.892. The molecule has 0 radical (unpaired) electrons. The van der Waals surface area contributed by atoms with Crippen LogP contribution in [0.5, 0.6) is 11.5 Å². The van der Waals surface area contributed by atoms with E-state index in [-0.39, 0.29) is 5.76 Å². The van der Waals surface area contributed by atoms with E-state index in [1.54, 1.807) is 33.3 Å². The van der Waals surface area contributed by atoms with E-state index in [0.29, 0.717) is 28.2 Å². The maximum atomic E-state index is 12.3. The van der Waals surface area contributed by atoms with Gasteiger partial charge >= 0.3 is 0 Å². The van der Waals surface area contributed by atoms with Gasteiger partial charge in [-0.25, -0.2) is 0 Å². The standard InChI is InChI=1S/C18H17BrN2O5/c1-10-16(19)17(21-26-10)20-18(22)15-7-5-13(25-15)9-11-8-12(23-2)4-6-14(11)24-3/h4-8H,9H2,1-3H3,(H,20,21,22). The molecule has 26 heavy (non-hydrogen) atoms. The molecule has 1 amide bonds. The number of ether oxygens (including phenoxy) is 2. The van der Waals surface area contributed by atoms with Crippen molar-refractivity contribution in [2.45, 2.75) is 13.3 Å². The van der Waals surface area contributed by atoms with Crippen LogP contribution in [0.4, 0.5) is 5.82 Å². The number of halogens is 1. The average Bonchev–Trinajstić information content (AvgIpc) is 3.23. The Morgan fingerprint density at radius 1 is 1.23 bits per heavy atom. The maximum absolute atomic E-state index is 12.3. The molecule has 0 aliphatic carbocycles. The lowest BCUT2D eigenvalue weighted by atomic mass is 10.1. The first-order valence-corrected chi connectivity index (χ1v) is 8.54. The fourth-order valence-corrected chi connectivity index (χ4v) is 2.65. The summed E-state index contributed by atoms with van der Waals surface area (Å²) in [5, 5.41) is 6.41. The first-order valence-electron chi connectivity index (χ1n) is 7.74. The van der Waals surface area contributed by atoms with Crippen LogP contribution in [0.1, 0.15) is 27.6 Å². The Bertz CT molecular complexity index is 932. The van der Waals surface area contributed by atoms with Gasteiger partial charge in [-0.3, -0.25) is 4.79 Å². The fraction of sp³-hybridized carbons (Fsp3) is 0.222. The zero-order valence-corrected chi connectivity index (χ0v) is 16.0. The van der Waals surface area contributed by atoms with Gasteiger partial charge in [0.2, 0.25) is 0 Å². The van der Waals surface area contributed by atoms with Crippen LogP contribution in [0.2, 0.25) is 0 Å². The number of methoxy groups -OCH3 is 2. The van der Waals surface area contributed by atoms with Gasteiger partial charge in [-0.1, -0.05) is 5.16 Å². The third-order valence-electron chi connectivity index (χ3n) is 3.76. The Hall–Kier alpha value is -2.74. The molecule has 3 aromatic rings. The molecule has 1 N–H and O–H groups in total. The second kappa shape index (κ2) is 7.65. The lowest BCUT2D eigenvalue weighted by Gasteiger charge is -2.09. The number of nitrogens with one attached hydrogen (secondary N) is 1. The van der Waals surface area contributed by atoms with Crippen LogP contribution in [-0.4, -0.2) is 25.3 Å². The molecule has 2 aromatic heterocycles. The molecule has 0 unspecified atom stereocenters. The van der Waals surface area contributed by atoms with Gasteiger partial charge in [0.25, 0.3) is 5.91 Å². The van der Waals surface area contributed by atoms with Gasteiger partial charge in [0.15, 0.2) is 11.6 Å². The Morgan fingerprint density at radius 2 is 2.04 bits per heavy atom. The second-order valence-corrected chi connectivity index (χ2v) is 6.27. The lowest BCUT2D eigenvalue weighted by Crippen LogP contribution is -2.11. The molecule has 8 heteroatoms. The number of furan rings is 1. The minimum Gasteiger partial charge on any atom is -0.497 e. The third-order valence-corrected chi connectivity index (χ3v) is 4.69. The van der Waals surface area contributed by atoms with E-state index >= 15 is 0 Å². The quantitative estimate of drug-likeness (QED) is 0.642. The van der Waals surface area contributed by atoms with Crippen LogP contribution in [0.25, 0.3) is 0 Å². The van der Waals surface area contributed by atoms with Crippen LogP contribution >= 0.6 is 15.9 Å². The predicted octanol–water partition coefficient (Wildman–Crippen LogP) is 4.20.